The molecule has 4 rings (SSSR count). The van der Waals surface area contributed by atoms with Crippen LogP contribution in [0.25, 0.3) is 5.69 Å². The number of aromatic nitrogens is 2. The van der Waals surface area contributed by atoms with Gasteiger partial charge in [0.05, 0.1) is 23.0 Å². The molecule has 1 atom stereocenters. The molecule has 0 aliphatic carbocycles. The number of carbonyl (C=O) groups excluding carboxylic acids is 1. The summed E-state index contributed by atoms with van der Waals surface area (Å²) in [7, 11) is 0. The summed E-state index contributed by atoms with van der Waals surface area (Å²) in [5.74, 6) is -1.85. The van der Waals surface area contributed by atoms with E-state index in [1.807, 2.05) is 43.3 Å². The van der Waals surface area contributed by atoms with Gasteiger partial charge in [-0.1, -0.05) is 49.4 Å². The zero-order chi connectivity index (χ0) is 25.2. The van der Waals surface area contributed by atoms with Gasteiger partial charge in [0.1, 0.15) is 11.5 Å². The van der Waals surface area contributed by atoms with Crippen LogP contribution in [0.4, 0.5) is 23.2 Å². The van der Waals surface area contributed by atoms with Crippen molar-refractivity contribution in [3.63, 3.8) is 0 Å². The molecule has 0 radical (unpaired) electrons. The molecule has 0 fully saturated rings. The Balaban J connectivity index is 1.71. The van der Waals surface area contributed by atoms with E-state index in [1.54, 1.807) is 6.07 Å². The van der Waals surface area contributed by atoms with Crippen LogP contribution in [0.3, 0.4) is 0 Å². The smallest absolute Gasteiger partial charge is 0.318 e. The maximum atomic E-state index is 14.6. The van der Waals surface area contributed by atoms with Crippen molar-refractivity contribution in [3.8, 4) is 11.8 Å². The second-order valence-corrected chi connectivity index (χ2v) is 7.81. The van der Waals surface area contributed by atoms with E-state index < -0.39 is 29.3 Å². The van der Waals surface area contributed by atoms with Crippen LogP contribution in [0, 0.1) is 17.1 Å². The topological polar surface area (TPSA) is 70.7 Å². The Morgan fingerprint density at radius 2 is 1.74 bits per heavy atom. The van der Waals surface area contributed by atoms with Gasteiger partial charge in [0.2, 0.25) is 0 Å². The first-order chi connectivity index (χ1) is 16.7. The number of alkyl halides is 3. The highest BCUT2D eigenvalue weighted by Crippen LogP contribution is 2.31. The van der Waals surface area contributed by atoms with Crippen LogP contribution in [0.5, 0.6) is 0 Å². The summed E-state index contributed by atoms with van der Waals surface area (Å²) in [6, 6.07) is 21.8. The summed E-state index contributed by atoms with van der Waals surface area (Å²) in [4.78, 5) is 13.0. The number of hydrogen-bond acceptors (Lipinski definition) is 3. The van der Waals surface area contributed by atoms with Crippen molar-refractivity contribution in [2.24, 2.45) is 0 Å². The fraction of sp³-hybridized carbons (Fsp3) is 0.115. The molecule has 4 aromatic rings. The molecule has 5 nitrogen and oxygen atoms in total. The molecule has 1 unspecified atom stereocenters. The van der Waals surface area contributed by atoms with Crippen molar-refractivity contribution >= 4 is 11.6 Å². The van der Waals surface area contributed by atoms with E-state index in [4.69, 9.17) is 5.26 Å². The zero-order valence-electron chi connectivity index (χ0n) is 18.3. The number of nitriles is 1. The van der Waals surface area contributed by atoms with Gasteiger partial charge in [0.15, 0.2) is 5.69 Å². The molecule has 35 heavy (non-hydrogen) atoms. The minimum Gasteiger partial charge on any atom is -0.318 e. The van der Waals surface area contributed by atoms with Crippen LogP contribution in [-0.2, 0) is 6.18 Å². The summed E-state index contributed by atoms with van der Waals surface area (Å²) in [5, 5.41) is 15.0. The minimum atomic E-state index is -4.82. The maximum absolute atomic E-state index is 14.6. The molecule has 0 aliphatic rings. The molecule has 1 aromatic heterocycles. The predicted molar refractivity (Wildman–Crippen MR) is 122 cm³/mol. The van der Waals surface area contributed by atoms with Crippen LogP contribution in [0.2, 0.25) is 0 Å². The Bertz CT molecular complexity index is 1420. The van der Waals surface area contributed by atoms with Crippen molar-refractivity contribution < 1.29 is 22.4 Å². The van der Waals surface area contributed by atoms with Crippen molar-refractivity contribution in [1.29, 1.82) is 5.26 Å². The molecule has 1 heterocycles. The van der Waals surface area contributed by atoms with Crippen LogP contribution in [0.15, 0.2) is 78.9 Å². The summed E-state index contributed by atoms with van der Waals surface area (Å²) in [5.41, 5.74) is -0.00317. The van der Waals surface area contributed by atoms with E-state index in [2.05, 4.69) is 10.4 Å². The number of rotatable bonds is 5. The zero-order valence-corrected chi connectivity index (χ0v) is 18.3. The fourth-order valence-electron chi connectivity index (χ4n) is 3.61. The van der Waals surface area contributed by atoms with Crippen molar-refractivity contribution in [2.45, 2.75) is 19.0 Å². The van der Waals surface area contributed by atoms with Crippen molar-refractivity contribution in [2.75, 3.05) is 5.32 Å². The lowest BCUT2D eigenvalue weighted by Gasteiger charge is -2.15. The van der Waals surface area contributed by atoms with E-state index in [9.17, 15) is 22.4 Å². The number of nitrogens with zero attached hydrogens (tertiary/aromatic N) is 3. The SMILES string of the molecule is CC(c1ccccc1)c1ccc(F)c(NC(=O)c2cc(C(F)(F)F)nn2-c2cccc(C#N)c2)c1. The van der Waals surface area contributed by atoms with Crippen LogP contribution in [-0.4, -0.2) is 15.7 Å². The highest BCUT2D eigenvalue weighted by molar-refractivity contribution is 6.03. The number of benzene rings is 3. The van der Waals surface area contributed by atoms with Gasteiger partial charge >= 0.3 is 6.18 Å². The van der Waals surface area contributed by atoms with Gasteiger partial charge in [0.25, 0.3) is 5.91 Å². The third kappa shape index (κ3) is 5.06. The van der Waals surface area contributed by atoms with Crippen LogP contribution in [0.1, 0.15) is 45.7 Å². The Morgan fingerprint density at radius 3 is 2.43 bits per heavy atom. The van der Waals surface area contributed by atoms with E-state index in [0.29, 0.717) is 11.6 Å². The predicted octanol–water partition coefficient (Wildman–Crippen LogP) is 6.31. The van der Waals surface area contributed by atoms with Gasteiger partial charge < -0.3 is 5.32 Å². The Hall–Kier alpha value is -4.45. The highest BCUT2D eigenvalue weighted by Gasteiger charge is 2.36. The van der Waals surface area contributed by atoms with Gasteiger partial charge in [-0.05, 0) is 41.5 Å². The van der Waals surface area contributed by atoms with E-state index in [-0.39, 0.29) is 22.9 Å². The highest BCUT2D eigenvalue weighted by atomic mass is 19.4. The second kappa shape index (κ2) is 9.43. The molecular weight excluding hydrogens is 460 g/mol. The van der Waals surface area contributed by atoms with Crippen molar-refractivity contribution in [3.05, 3.63) is 113 Å². The molecular formula is C26H18F4N4O. The van der Waals surface area contributed by atoms with Gasteiger partial charge in [-0.3, -0.25) is 4.79 Å². The number of halogens is 4. The normalized spacial score (nSPS) is 12.1. The number of anilines is 1. The Labute approximate surface area is 198 Å². The standard InChI is InChI=1S/C26H18F4N4O/c1-16(18-7-3-2-4-8-18)19-10-11-21(27)22(13-19)32-25(35)23-14-24(26(28,29)30)33-34(23)20-9-5-6-17(12-20)15-31/h2-14,16H,1H3,(H,32,35). The number of carbonyl (C=O) groups is 1. The quantitative estimate of drug-likeness (QED) is 0.342. The minimum absolute atomic E-state index is 0.0802. The molecule has 0 spiro atoms. The van der Waals surface area contributed by atoms with Crippen LogP contribution >= 0.6 is 0 Å². The molecule has 1 amide bonds. The van der Waals surface area contributed by atoms with Gasteiger partial charge in [-0.15, -0.1) is 0 Å². The first kappa shape index (κ1) is 23.7. The van der Waals surface area contributed by atoms with Gasteiger partial charge in [0, 0.05) is 12.0 Å². The first-order valence-electron chi connectivity index (χ1n) is 10.5. The van der Waals surface area contributed by atoms with E-state index in [1.165, 1.54) is 36.4 Å². The molecule has 1 N–H and O–H groups in total. The third-order valence-corrected chi connectivity index (χ3v) is 5.49. The summed E-state index contributed by atoms with van der Waals surface area (Å²) >= 11 is 0. The largest absolute Gasteiger partial charge is 0.435 e. The maximum Gasteiger partial charge on any atom is 0.435 e. The average molecular weight is 478 g/mol. The summed E-state index contributed by atoms with van der Waals surface area (Å²) in [6.07, 6.45) is -4.82. The summed E-state index contributed by atoms with van der Waals surface area (Å²) in [6.45, 7) is 1.92. The third-order valence-electron chi connectivity index (χ3n) is 5.49. The average Bonchev–Trinajstić information content (AvgIpc) is 3.32. The fourth-order valence-corrected chi connectivity index (χ4v) is 3.61. The lowest BCUT2D eigenvalue weighted by Crippen LogP contribution is -2.18. The van der Waals surface area contributed by atoms with Crippen LogP contribution < -0.4 is 5.32 Å². The molecule has 0 aliphatic heterocycles. The molecule has 0 saturated carbocycles. The molecule has 0 saturated heterocycles. The van der Waals surface area contributed by atoms with E-state index in [0.717, 1.165) is 10.2 Å². The number of nitrogens with one attached hydrogen (secondary N) is 1. The number of amides is 1. The van der Waals surface area contributed by atoms with Gasteiger partial charge in [-0.2, -0.15) is 23.5 Å². The number of hydrogen-bond donors (Lipinski definition) is 1. The molecule has 0 bridgehead atoms. The Morgan fingerprint density at radius 1 is 1.00 bits per heavy atom. The summed E-state index contributed by atoms with van der Waals surface area (Å²) < 4.78 is 55.5. The second-order valence-electron chi connectivity index (χ2n) is 7.81. The lowest BCUT2D eigenvalue weighted by molar-refractivity contribution is -0.141. The first-order valence-corrected chi connectivity index (χ1v) is 10.5. The Kier molecular flexibility index (Phi) is 6.38. The molecule has 176 valence electrons. The molecule has 3 aromatic carbocycles. The monoisotopic (exact) mass is 478 g/mol. The van der Waals surface area contributed by atoms with Gasteiger partial charge in [-0.25, -0.2) is 9.07 Å². The van der Waals surface area contributed by atoms with Crippen molar-refractivity contribution in [1.82, 2.24) is 9.78 Å². The lowest BCUT2D eigenvalue weighted by atomic mass is 9.93. The molecule has 9 heteroatoms. The van der Waals surface area contributed by atoms with E-state index >= 15 is 0 Å².